The summed E-state index contributed by atoms with van der Waals surface area (Å²) in [7, 11) is 0. The van der Waals surface area contributed by atoms with Crippen LogP contribution in [0.3, 0.4) is 0 Å². The molecule has 0 aliphatic carbocycles. The molecule has 2 atom stereocenters. The summed E-state index contributed by atoms with van der Waals surface area (Å²) < 4.78 is 5.29. The maximum absolute atomic E-state index is 13.4. The highest BCUT2D eigenvalue weighted by atomic mass is 16.5. The zero-order valence-electron chi connectivity index (χ0n) is 18.2. The Morgan fingerprint density at radius 1 is 1.19 bits per heavy atom. The van der Waals surface area contributed by atoms with E-state index in [1.165, 1.54) is 12.5 Å². The number of hydrogen-bond donors (Lipinski definition) is 4. The first kappa shape index (κ1) is 23.3. The predicted molar refractivity (Wildman–Crippen MR) is 116 cm³/mol. The van der Waals surface area contributed by atoms with E-state index in [1.807, 2.05) is 44.2 Å². The second kappa shape index (κ2) is 10.3. The van der Waals surface area contributed by atoms with Crippen LogP contribution in [0.15, 0.2) is 42.9 Å². The Kier molecular flexibility index (Phi) is 7.47. The van der Waals surface area contributed by atoms with E-state index in [0.717, 1.165) is 5.56 Å². The molecule has 1 aliphatic rings. The standard InChI is InChI=1S/C22H29N5O5/c1-22(2,15-6-4-3-5-7-15)18(26-21(31)27-8-10-32-11-9-27)19(28)25-17(20(29)30)12-16-13-23-14-24-16/h3-7,13-14,17-18H,8-12H2,1-2H3,(H,23,24)(H,25,28)(H,26,31)(H,29,30)/t17-,18-/m1/s1. The molecule has 0 spiro atoms. The van der Waals surface area contributed by atoms with E-state index in [2.05, 4.69) is 20.6 Å². The van der Waals surface area contributed by atoms with Gasteiger partial charge in [-0.15, -0.1) is 0 Å². The summed E-state index contributed by atoms with van der Waals surface area (Å²) >= 11 is 0. The molecule has 1 aromatic carbocycles. The van der Waals surface area contributed by atoms with Crippen molar-refractivity contribution in [1.29, 1.82) is 0 Å². The summed E-state index contributed by atoms with van der Waals surface area (Å²) in [6.45, 7) is 5.38. The van der Waals surface area contributed by atoms with Gasteiger partial charge < -0.3 is 30.4 Å². The molecule has 32 heavy (non-hydrogen) atoms. The number of H-pyrrole nitrogens is 1. The van der Waals surface area contributed by atoms with Gasteiger partial charge in [-0.25, -0.2) is 14.6 Å². The molecule has 0 saturated carbocycles. The van der Waals surface area contributed by atoms with Crippen LogP contribution in [-0.4, -0.2) is 76.3 Å². The average Bonchev–Trinajstić information content (AvgIpc) is 3.31. The van der Waals surface area contributed by atoms with Crippen molar-refractivity contribution in [2.24, 2.45) is 0 Å². The third-order valence-electron chi connectivity index (χ3n) is 5.66. The van der Waals surface area contributed by atoms with Crippen LogP contribution in [0.2, 0.25) is 0 Å². The number of aromatic nitrogens is 2. The minimum absolute atomic E-state index is 0.0387. The van der Waals surface area contributed by atoms with E-state index in [9.17, 15) is 19.5 Å². The lowest BCUT2D eigenvalue weighted by Gasteiger charge is -2.37. The first-order valence-electron chi connectivity index (χ1n) is 10.5. The number of ether oxygens (including phenoxy) is 1. The number of benzene rings is 1. The number of carboxylic acid groups (broad SMARTS) is 1. The molecule has 10 heteroatoms. The number of carbonyl (C=O) groups excluding carboxylic acids is 2. The van der Waals surface area contributed by atoms with Gasteiger partial charge in [0.2, 0.25) is 5.91 Å². The minimum atomic E-state index is -1.18. The van der Waals surface area contributed by atoms with E-state index in [0.29, 0.717) is 32.0 Å². The molecule has 3 amide bonds. The van der Waals surface area contributed by atoms with Crippen molar-refractivity contribution in [2.75, 3.05) is 26.3 Å². The predicted octanol–water partition coefficient (Wildman–Crippen LogP) is 0.910. The molecule has 172 valence electrons. The Morgan fingerprint density at radius 2 is 1.88 bits per heavy atom. The third kappa shape index (κ3) is 5.64. The molecule has 0 radical (unpaired) electrons. The second-order valence-electron chi connectivity index (χ2n) is 8.25. The van der Waals surface area contributed by atoms with Crippen molar-refractivity contribution in [3.63, 3.8) is 0 Å². The Hall–Kier alpha value is -3.40. The van der Waals surface area contributed by atoms with Gasteiger partial charge in [-0.2, -0.15) is 0 Å². The molecule has 10 nitrogen and oxygen atoms in total. The van der Waals surface area contributed by atoms with Crippen molar-refractivity contribution < 1.29 is 24.2 Å². The number of nitrogens with zero attached hydrogens (tertiary/aromatic N) is 2. The molecule has 0 unspecified atom stereocenters. The van der Waals surface area contributed by atoms with E-state index >= 15 is 0 Å². The zero-order chi connectivity index (χ0) is 23.1. The van der Waals surface area contributed by atoms with Gasteiger partial charge in [0.1, 0.15) is 12.1 Å². The van der Waals surface area contributed by atoms with Gasteiger partial charge in [0.25, 0.3) is 0 Å². The highest BCUT2D eigenvalue weighted by Gasteiger charge is 2.40. The van der Waals surface area contributed by atoms with E-state index in [-0.39, 0.29) is 6.42 Å². The lowest BCUT2D eigenvalue weighted by Crippen LogP contribution is -2.61. The number of morpholine rings is 1. The monoisotopic (exact) mass is 443 g/mol. The molecule has 2 aromatic rings. The van der Waals surface area contributed by atoms with Crippen LogP contribution in [-0.2, 0) is 26.2 Å². The summed E-state index contributed by atoms with van der Waals surface area (Å²) in [5, 5.41) is 15.1. The van der Waals surface area contributed by atoms with Crippen LogP contribution in [0.4, 0.5) is 4.79 Å². The maximum atomic E-state index is 13.4. The highest BCUT2D eigenvalue weighted by molar-refractivity contribution is 5.91. The smallest absolute Gasteiger partial charge is 0.326 e. The molecule has 1 fully saturated rings. The molecular weight excluding hydrogens is 414 g/mol. The van der Waals surface area contributed by atoms with Gasteiger partial charge in [0, 0.05) is 36.8 Å². The summed E-state index contributed by atoms with van der Waals surface area (Å²) in [6.07, 6.45) is 2.99. The maximum Gasteiger partial charge on any atom is 0.326 e. The number of aliphatic carboxylic acids is 1. The number of amides is 3. The molecule has 2 heterocycles. The summed E-state index contributed by atoms with van der Waals surface area (Å²) in [5.74, 6) is -1.75. The summed E-state index contributed by atoms with van der Waals surface area (Å²) in [4.78, 5) is 46.4. The SMILES string of the molecule is CC(C)(c1ccccc1)[C@H](NC(=O)N1CCOCC1)C(=O)N[C@H](Cc1cnc[nH]1)C(=O)O. The Bertz CT molecular complexity index is 910. The highest BCUT2D eigenvalue weighted by Crippen LogP contribution is 2.28. The van der Waals surface area contributed by atoms with Gasteiger partial charge in [-0.1, -0.05) is 44.2 Å². The largest absolute Gasteiger partial charge is 0.480 e. The van der Waals surface area contributed by atoms with Crippen molar-refractivity contribution in [3.8, 4) is 0 Å². The molecule has 4 N–H and O–H groups in total. The number of carboxylic acids is 1. The lowest BCUT2D eigenvalue weighted by atomic mass is 9.77. The van der Waals surface area contributed by atoms with E-state index in [4.69, 9.17) is 4.74 Å². The number of nitrogens with one attached hydrogen (secondary N) is 3. The van der Waals surface area contributed by atoms with Crippen LogP contribution < -0.4 is 10.6 Å². The Balaban J connectivity index is 1.83. The quantitative estimate of drug-likeness (QED) is 0.479. The molecule has 1 saturated heterocycles. The van der Waals surface area contributed by atoms with Gasteiger partial charge in [0.15, 0.2) is 0 Å². The van der Waals surface area contributed by atoms with Crippen LogP contribution in [0, 0.1) is 0 Å². The summed E-state index contributed by atoms with van der Waals surface area (Å²) in [6, 6.07) is 6.74. The number of carbonyl (C=O) groups is 3. The second-order valence-corrected chi connectivity index (χ2v) is 8.25. The van der Waals surface area contributed by atoms with Crippen molar-refractivity contribution in [2.45, 2.75) is 37.8 Å². The number of hydrogen-bond acceptors (Lipinski definition) is 5. The van der Waals surface area contributed by atoms with Crippen LogP contribution in [0.25, 0.3) is 0 Å². The number of rotatable bonds is 8. The van der Waals surface area contributed by atoms with Crippen LogP contribution in [0.1, 0.15) is 25.1 Å². The molecule has 3 rings (SSSR count). The topological polar surface area (TPSA) is 137 Å². The Morgan fingerprint density at radius 3 is 2.47 bits per heavy atom. The molecular formula is C22H29N5O5. The van der Waals surface area contributed by atoms with Crippen molar-refractivity contribution in [3.05, 3.63) is 54.1 Å². The van der Waals surface area contributed by atoms with Gasteiger partial charge in [-0.3, -0.25) is 4.79 Å². The first-order chi connectivity index (χ1) is 15.3. The first-order valence-corrected chi connectivity index (χ1v) is 10.5. The van der Waals surface area contributed by atoms with Gasteiger partial charge in [-0.05, 0) is 5.56 Å². The fourth-order valence-corrected chi connectivity index (χ4v) is 3.66. The van der Waals surface area contributed by atoms with E-state index in [1.54, 1.807) is 4.90 Å². The fraction of sp³-hybridized carbons (Fsp3) is 0.455. The third-order valence-corrected chi connectivity index (χ3v) is 5.66. The van der Waals surface area contributed by atoms with Crippen molar-refractivity contribution >= 4 is 17.9 Å². The van der Waals surface area contributed by atoms with Gasteiger partial charge >= 0.3 is 12.0 Å². The number of aromatic amines is 1. The van der Waals surface area contributed by atoms with Gasteiger partial charge in [0.05, 0.1) is 19.5 Å². The van der Waals surface area contributed by atoms with Crippen LogP contribution >= 0.6 is 0 Å². The molecule has 1 aliphatic heterocycles. The van der Waals surface area contributed by atoms with Crippen molar-refractivity contribution in [1.82, 2.24) is 25.5 Å². The normalized spacial score (nSPS) is 16.1. The average molecular weight is 444 g/mol. The zero-order valence-corrected chi connectivity index (χ0v) is 18.2. The molecule has 0 bridgehead atoms. The summed E-state index contributed by atoms with van der Waals surface area (Å²) in [5.41, 5.74) is 0.599. The van der Waals surface area contributed by atoms with E-state index < -0.39 is 35.4 Å². The Labute approximate surface area is 186 Å². The number of imidazole rings is 1. The minimum Gasteiger partial charge on any atom is -0.480 e. The number of urea groups is 1. The molecule has 1 aromatic heterocycles. The fourth-order valence-electron chi connectivity index (χ4n) is 3.66. The van der Waals surface area contributed by atoms with Crippen LogP contribution in [0.5, 0.6) is 0 Å². The lowest BCUT2D eigenvalue weighted by molar-refractivity contribution is -0.142.